The fraction of sp³-hybridized carbons (Fsp3) is 0.316. The highest BCUT2D eigenvalue weighted by molar-refractivity contribution is 5.94. The van der Waals surface area contributed by atoms with Crippen LogP contribution in [0.1, 0.15) is 28.3 Å². The molecule has 24 heavy (non-hydrogen) atoms. The third-order valence-corrected chi connectivity index (χ3v) is 4.55. The number of aliphatic hydroxyl groups is 2. The Bertz CT molecular complexity index is 704. The Labute approximate surface area is 140 Å². The predicted molar refractivity (Wildman–Crippen MR) is 90.1 cm³/mol. The molecule has 0 bridgehead atoms. The number of hydrogen-bond donors (Lipinski definition) is 3. The largest absolute Gasteiger partial charge is 0.497 e. The molecule has 0 heterocycles. The molecular formula is C19H21NO4. The van der Waals surface area contributed by atoms with Crippen molar-refractivity contribution < 1.29 is 19.7 Å². The van der Waals surface area contributed by atoms with Gasteiger partial charge in [-0.1, -0.05) is 36.4 Å². The average molecular weight is 327 g/mol. The van der Waals surface area contributed by atoms with Gasteiger partial charge in [0.05, 0.1) is 19.3 Å². The molecule has 1 aliphatic rings. The summed E-state index contributed by atoms with van der Waals surface area (Å²) in [6.45, 7) is 0. The second-order valence-corrected chi connectivity index (χ2v) is 6.04. The minimum atomic E-state index is -0.996. The van der Waals surface area contributed by atoms with Crippen molar-refractivity contribution in [1.29, 1.82) is 0 Å². The van der Waals surface area contributed by atoms with Crippen molar-refractivity contribution in [2.45, 2.75) is 30.6 Å². The highest BCUT2D eigenvalue weighted by Crippen LogP contribution is 2.35. The monoisotopic (exact) mass is 327 g/mol. The Hall–Kier alpha value is -2.37. The third-order valence-electron chi connectivity index (χ3n) is 4.55. The van der Waals surface area contributed by atoms with E-state index in [0.717, 1.165) is 5.56 Å². The van der Waals surface area contributed by atoms with Gasteiger partial charge in [0.25, 0.3) is 5.91 Å². The van der Waals surface area contributed by atoms with Crippen molar-refractivity contribution in [3.8, 4) is 5.75 Å². The Morgan fingerprint density at radius 1 is 1.12 bits per heavy atom. The molecule has 2 aromatic carbocycles. The Morgan fingerprint density at radius 2 is 1.88 bits per heavy atom. The number of carbonyl (C=O) groups is 1. The molecule has 126 valence electrons. The molecule has 3 rings (SSSR count). The summed E-state index contributed by atoms with van der Waals surface area (Å²) >= 11 is 0. The number of amides is 1. The lowest BCUT2D eigenvalue weighted by atomic mass is 9.93. The highest BCUT2D eigenvalue weighted by Gasteiger charge is 2.43. The first-order valence-corrected chi connectivity index (χ1v) is 7.96. The standard InChI is InChI=1S/C19H21NO4/c1-24-14-9-5-8-13(10-14)19(23)20-17-15(11-16(21)18(17)22)12-6-3-2-4-7-12/h2-10,15-18,21-22H,11H2,1H3,(H,20,23)/t15-,16-,17-,18-/m1/s1. The summed E-state index contributed by atoms with van der Waals surface area (Å²) in [7, 11) is 1.54. The number of hydrogen-bond acceptors (Lipinski definition) is 4. The Balaban J connectivity index is 1.81. The highest BCUT2D eigenvalue weighted by atomic mass is 16.5. The van der Waals surface area contributed by atoms with Crippen LogP contribution in [0.2, 0.25) is 0 Å². The van der Waals surface area contributed by atoms with E-state index in [1.165, 1.54) is 0 Å². The van der Waals surface area contributed by atoms with Crippen LogP contribution in [-0.4, -0.2) is 41.5 Å². The fourth-order valence-corrected chi connectivity index (χ4v) is 3.25. The maximum absolute atomic E-state index is 12.5. The Kier molecular flexibility index (Phi) is 4.83. The number of aliphatic hydroxyl groups excluding tert-OH is 2. The first-order chi connectivity index (χ1) is 11.6. The number of ether oxygens (including phenoxy) is 1. The van der Waals surface area contributed by atoms with Gasteiger partial charge < -0.3 is 20.3 Å². The van der Waals surface area contributed by atoms with E-state index in [0.29, 0.717) is 17.7 Å². The molecule has 2 aromatic rings. The lowest BCUT2D eigenvalue weighted by Gasteiger charge is -2.24. The summed E-state index contributed by atoms with van der Waals surface area (Å²) in [6.07, 6.45) is -1.44. The SMILES string of the molecule is COc1cccc(C(=O)N[C@H]2[C@H](O)[C@H](O)C[C@@H]2c2ccccc2)c1. The van der Waals surface area contributed by atoms with Crippen LogP contribution in [-0.2, 0) is 0 Å². The number of rotatable bonds is 4. The van der Waals surface area contributed by atoms with Crippen LogP contribution in [0.15, 0.2) is 54.6 Å². The molecule has 3 N–H and O–H groups in total. The summed E-state index contributed by atoms with van der Waals surface area (Å²) < 4.78 is 5.13. The van der Waals surface area contributed by atoms with Gasteiger partial charge in [-0.05, 0) is 30.2 Å². The zero-order valence-electron chi connectivity index (χ0n) is 13.4. The van der Waals surface area contributed by atoms with Gasteiger partial charge in [-0.25, -0.2) is 0 Å². The number of nitrogens with one attached hydrogen (secondary N) is 1. The van der Waals surface area contributed by atoms with Gasteiger partial charge in [-0.3, -0.25) is 4.79 Å². The fourth-order valence-electron chi connectivity index (χ4n) is 3.25. The summed E-state index contributed by atoms with van der Waals surface area (Å²) in [5.41, 5.74) is 1.44. The van der Waals surface area contributed by atoms with Crippen LogP contribution in [0.3, 0.4) is 0 Å². The molecular weight excluding hydrogens is 306 g/mol. The summed E-state index contributed by atoms with van der Waals surface area (Å²) in [6, 6.07) is 15.9. The minimum absolute atomic E-state index is 0.134. The first kappa shape index (κ1) is 16.5. The molecule has 0 saturated heterocycles. The second-order valence-electron chi connectivity index (χ2n) is 6.04. The van der Waals surface area contributed by atoms with E-state index in [1.54, 1.807) is 31.4 Å². The molecule has 0 radical (unpaired) electrons. The maximum Gasteiger partial charge on any atom is 0.251 e. The van der Waals surface area contributed by atoms with Crippen LogP contribution >= 0.6 is 0 Å². The van der Waals surface area contributed by atoms with Gasteiger partial charge in [0, 0.05) is 11.5 Å². The van der Waals surface area contributed by atoms with E-state index in [1.807, 2.05) is 30.3 Å². The normalized spacial score (nSPS) is 26.1. The van der Waals surface area contributed by atoms with Gasteiger partial charge in [0.2, 0.25) is 0 Å². The molecule has 0 spiro atoms. The minimum Gasteiger partial charge on any atom is -0.497 e. The molecule has 0 aliphatic heterocycles. The van der Waals surface area contributed by atoms with Crippen LogP contribution < -0.4 is 10.1 Å². The molecule has 5 nitrogen and oxygen atoms in total. The summed E-state index contributed by atoms with van der Waals surface area (Å²) in [4.78, 5) is 12.5. The Morgan fingerprint density at radius 3 is 2.58 bits per heavy atom. The first-order valence-electron chi connectivity index (χ1n) is 7.96. The predicted octanol–water partition coefficient (Wildman–Crippen LogP) is 1.70. The molecule has 1 saturated carbocycles. The van der Waals surface area contributed by atoms with Gasteiger partial charge in [0.15, 0.2) is 0 Å². The smallest absolute Gasteiger partial charge is 0.251 e. The zero-order chi connectivity index (χ0) is 17.1. The van der Waals surface area contributed by atoms with Crippen molar-refractivity contribution in [2.75, 3.05) is 7.11 Å². The second kappa shape index (κ2) is 7.03. The quantitative estimate of drug-likeness (QED) is 0.799. The third kappa shape index (κ3) is 3.27. The van der Waals surface area contributed by atoms with Gasteiger partial charge in [-0.2, -0.15) is 0 Å². The number of benzene rings is 2. The van der Waals surface area contributed by atoms with Gasteiger partial charge in [0.1, 0.15) is 11.9 Å². The van der Waals surface area contributed by atoms with Crippen molar-refractivity contribution in [3.05, 3.63) is 65.7 Å². The average Bonchev–Trinajstić information content (AvgIpc) is 2.91. The van der Waals surface area contributed by atoms with Crippen LogP contribution in [0.5, 0.6) is 5.75 Å². The molecule has 1 amide bonds. The molecule has 0 unspecified atom stereocenters. The van der Waals surface area contributed by atoms with E-state index in [9.17, 15) is 15.0 Å². The molecule has 0 aromatic heterocycles. The van der Waals surface area contributed by atoms with Gasteiger partial charge in [-0.15, -0.1) is 0 Å². The summed E-state index contributed by atoms with van der Waals surface area (Å²) in [5, 5.41) is 23.2. The number of methoxy groups -OCH3 is 1. The van der Waals surface area contributed by atoms with E-state index < -0.39 is 18.2 Å². The molecule has 4 atom stereocenters. The molecule has 1 aliphatic carbocycles. The van der Waals surface area contributed by atoms with Crippen molar-refractivity contribution in [1.82, 2.24) is 5.32 Å². The molecule has 5 heteroatoms. The van der Waals surface area contributed by atoms with Gasteiger partial charge >= 0.3 is 0 Å². The lowest BCUT2D eigenvalue weighted by Crippen LogP contribution is -2.45. The maximum atomic E-state index is 12.5. The summed E-state index contributed by atoms with van der Waals surface area (Å²) in [5.74, 6) is 0.160. The molecule has 1 fully saturated rings. The van der Waals surface area contributed by atoms with Crippen molar-refractivity contribution >= 4 is 5.91 Å². The van der Waals surface area contributed by atoms with E-state index in [2.05, 4.69) is 5.32 Å². The van der Waals surface area contributed by atoms with Crippen LogP contribution in [0, 0.1) is 0 Å². The van der Waals surface area contributed by atoms with Crippen LogP contribution in [0.4, 0.5) is 0 Å². The van der Waals surface area contributed by atoms with Crippen molar-refractivity contribution in [3.63, 3.8) is 0 Å². The lowest BCUT2D eigenvalue weighted by molar-refractivity contribution is 0.0294. The van der Waals surface area contributed by atoms with E-state index in [-0.39, 0.29) is 11.8 Å². The van der Waals surface area contributed by atoms with Crippen molar-refractivity contribution in [2.24, 2.45) is 0 Å². The van der Waals surface area contributed by atoms with E-state index in [4.69, 9.17) is 4.74 Å². The number of carbonyl (C=O) groups excluding carboxylic acids is 1. The van der Waals surface area contributed by atoms with E-state index >= 15 is 0 Å². The topological polar surface area (TPSA) is 78.8 Å². The zero-order valence-corrected chi connectivity index (χ0v) is 13.4. The van der Waals surface area contributed by atoms with Crippen LogP contribution in [0.25, 0.3) is 0 Å².